The molecule has 0 saturated carbocycles. The van der Waals surface area contributed by atoms with E-state index in [9.17, 15) is 0 Å². The average molecular weight is 350 g/mol. The molecule has 0 fully saturated rings. The standard InChI is InChI=1S/C20H24.2FH.Ti/c1-3-7-19-15(5-1)9-11-17(19)13-14-18-12-10-16-6-2-4-8-20(16)18;;;/h9-12H,1-8,13-14H2;2*1H;/q-2;;;+4/p-2. The number of fused-ring (bicyclic) bond motifs is 2. The van der Waals surface area contributed by atoms with Gasteiger partial charge in [0.15, 0.2) is 0 Å². The molecule has 0 heterocycles. The number of halogens is 2. The Morgan fingerprint density at radius 2 is 1.04 bits per heavy atom. The first kappa shape index (κ1) is 20.3. The molecule has 122 valence electrons. The molecule has 0 aliphatic heterocycles. The van der Waals surface area contributed by atoms with Crippen LogP contribution in [-0.2, 0) is 60.2 Å². The van der Waals surface area contributed by atoms with Gasteiger partial charge in [-0.3, -0.25) is 0 Å². The fraction of sp³-hybridized carbons (Fsp3) is 0.500. The van der Waals surface area contributed by atoms with E-state index in [0.717, 1.165) is 0 Å². The minimum atomic E-state index is 0. The van der Waals surface area contributed by atoms with Gasteiger partial charge in [0.2, 0.25) is 0 Å². The molecule has 2 aromatic carbocycles. The maximum atomic E-state index is 2.41. The van der Waals surface area contributed by atoms with E-state index in [1.54, 1.807) is 33.4 Å². The summed E-state index contributed by atoms with van der Waals surface area (Å²) < 4.78 is 0. The Labute approximate surface area is 153 Å². The van der Waals surface area contributed by atoms with Crippen LogP contribution in [0.15, 0.2) is 24.3 Å². The van der Waals surface area contributed by atoms with Crippen LogP contribution in [0.3, 0.4) is 0 Å². The average Bonchev–Trinajstić information content (AvgIpc) is 3.09. The molecule has 0 atom stereocenters. The second kappa shape index (κ2) is 8.94. The second-order valence-electron chi connectivity index (χ2n) is 6.64. The number of rotatable bonds is 3. The third-order valence-corrected chi connectivity index (χ3v) is 5.43. The predicted octanol–water partition coefficient (Wildman–Crippen LogP) is -1.33. The topological polar surface area (TPSA) is 0 Å². The van der Waals surface area contributed by atoms with Crippen molar-refractivity contribution in [2.75, 3.05) is 0 Å². The molecule has 3 heteroatoms. The Kier molecular flexibility index (Phi) is 7.90. The van der Waals surface area contributed by atoms with Crippen LogP contribution in [-0.4, -0.2) is 0 Å². The number of aryl methyl sites for hydroxylation is 4. The zero-order valence-corrected chi connectivity index (χ0v) is 15.2. The normalized spacial score (nSPS) is 15.5. The van der Waals surface area contributed by atoms with Gasteiger partial charge in [0.05, 0.1) is 0 Å². The molecule has 0 aromatic heterocycles. The first-order valence-electron chi connectivity index (χ1n) is 8.44. The quantitative estimate of drug-likeness (QED) is 0.476. The minimum Gasteiger partial charge on any atom is -1.00 e. The summed E-state index contributed by atoms with van der Waals surface area (Å²) in [6, 6.07) is 9.60. The molecule has 0 bridgehead atoms. The third-order valence-electron chi connectivity index (χ3n) is 5.43. The summed E-state index contributed by atoms with van der Waals surface area (Å²) in [6.07, 6.45) is 13.4. The molecular formula is C20H24F2Ti. The van der Waals surface area contributed by atoms with E-state index >= 15 is 0 Å². The maximum Gasteiger partial charge on any atom is 4.00 e. The van der Waals surface area contributed by atoms with E-state index in [2.05, 4.69) is 24.3 Å². The maximum absolute atomic E-state index is 2.41. The van der Waals surface area contributed by atoms with Gasteiger partial charge >= 0.3 is 21.7 Å². The second-order valence-corrected chi connectivity index (χ2v) is 6.64. The number of hydrogen-bond donors (Lipinski definition) is 0. The SMILES string of the molecule is [F-].[F-].[Ti+4].c1c[c-](CC[c-]2ccc3c2CCCC3)c2c1CCCC2. The van der Waals surface area contributed by atoms with Crippen LogP contribution in [0.1, 0.15) is 59.1 Å². The van der Waals surface area contributed by atoms with E-state index in [1.807, 2.05) is 0 Å². The van der Waals surface area contributed by atoms with E-state index in [-0.39, 0.29) is 31.1 Å². The summed E-state index contributed by atoms with van der Waals surface area (Å²) >= 11 is 0. The molecule has 0 saturated heterocycles. The molecule has 0 spiro atoms. The van der Waals surface area contributed by atoms with Crippen LogP contribution in [0.4, 0.5) is 0 Å². The van der Waals surface area contributed by atoms with E-state index < -0.39 is 0 Å². The summed E-state index contributed by atoms with van der Waals surface area (Å²) in [6.45, 7) is 0. The van der Waals surface area contributed by atoms with Gasteiger partial charge < -0.3 is 9.41 Å². The minimum absolute atomic E-state index is 0. The molecule has 0 N–H and O–H groups in total. The zero-order valence-electron chi connectivity index (χ0n) is 13.6. The first-order chi connectivity index (χ1) is 9.92. The molecule has 2 aromatic rings. The van der Waals surface area contributed by atoms with Crippen molar-refractivity contribution in [3.05, 3.63) is 57.6 Å². The fourth-order valence-electron chi connectivity index (χ4n) is 4.30. The fourth-order valence-corrected chi connectivity index (χ4v) is 4.30. The molecule has 0 unspecified atom stereocenters. The molecule has 2 aliphatic rings. The van der Waals surface area contributed by atoms with Crippen LogP contribution >= 0.6 is 0 Å². The Morgan fingerprint density at radius 1 is 0.652 bits per heavy atom. The summed E-state index contributed by atoms with van der Waals surface area (Å²) in [5, 5.41) is 0. The van der Waals surface area contributed by atoms with Crippen molar-refractivity contribution < 1.29 is 31.1 Å². The van der Waals surface area contributed by atoms with Gasteiger partial charge in [-0.2, -0.15) is 45.5 Å². The van der Waals surface area contributed by atoms with Crippen molar-refractivity contribution in [2.45, 2.75) is 64.2 Å². The third kappa shape index (κ3) is 4.03. The zero-order chi connectivity index (χ0) is 13.4. The van der Waals surface area contributed by atoms with Gasteiger partial charge in [-0.25, -0.2) is 12.1 Å². The molecule has 0 radical (unpaired) electrons. The van der Waals surface area contributed by atoms with Crippen molar-refractivity contribution in [3.8, 4) is 0 Å². The van der Waals surface area contributed by atoms with Crippen molar-refractivity contribution >= 4 is 0 Å². The van der Waals surface area contributed by atoms with Gasteiger partial charge in [-0.05, 0) is 0 Å². The summed E-state index contributed by atoms with van der Waals surface area (Å²) in [5.74, 6) is 0. The molecule has 2 aliphatic carbocycles. The van der Waals surface area contributed by atoms with Gasteiger partial charge in [0, 0.05) is 0 Å². The Hall–Kier alpha value is -0.726. The van der Waals surface area contributed by atoms with E-state index in [1.165, 1.54) is 64.2 Å². The smallest absolute Gasteiger partial charge is 1.00 e. The Balaban J connectivity index is 0.000000882. The molecule has 0 amide bonds. The largest absolute Gasteiger partial charge is 4.00 e. The van der Waals surface area contributed by atoms with Gasteiger partial charge in [0.1, 0.15) is 0 Å². The monoisotopic (exact) mass is 350 g/mol. The van der Waals surface area contributed by atoms with Crippen LogP contribution in [0, 0.1) is 0 Å². The van der Waals surface area contributed by atoms with Gasteiger partial charge in [0.25, 0.3) is 0 Å². The summed E-state index contributed by atoms with van der Waals surface area (Å²) in [4.78, 5) is 0. The van der Waals surface area contributed by atoms with Crippen LogP contribution in [0.5, 0.6) is 0 Å². The molecular weight excluding hydrogens is 326 g/mol. The van der Waals surface area contributed by atoms with Crippen LogP contribution in [0.2, 0.25) is 0 Å². The van der Waals surface area contributed by atoms with Crippen molar-refractivity contribution in [1.82, 2.24) is 0 Å². The Morgan fingerprint density at radius 3 is 1.48 bits per heavy atom. The van der Waals surface area contributed by atoms with Crippen LogP contribution < -0.4 is 9.41 Å². The Bertz CT molecular complexity index is 555. The van der Waals surface area contributed by atoms with Crippen molar-refractivity contribution in [1.29, 1.82) is 0 Å². The molecule has 23 heavy (non-hydrogen) atoms. The summed E-state index contributed by atoms with van der Waals surface area (Å²) in [7, 11) is 0. The molecule has 0 nitrogen and oxygen atoms in total. The van der Waals surface area contributed by atoms with Gasteiger partial charge in [-0.1, -0.05) is 64.2 Å². The van der Waals surface area contributed by atoms with Crippen LogP contribution in [0.25, 0.3) is 0 Å². The predicted molar refractivity (Wildman–Crippen MR) is 84.8 cm³/mol. The van der Waals surface area contributed by atoms with Crippen molar-refractivity contribution in [2.24, 2.45) is 0 Å². The van der Waals surface area contributed by atoms with Gasteiger partial charge in [-0.15, -0.1) is 0 Å². The van der Waals surface area contributed by atoms with E-state index in [4.69, 9.17) is 0 Å². The molecule has 4 rings (SSSR count). The van der Waals surface area contributed by atoms with Crippen molar-refractivity contribution in [3.63, 3.8) is 0 Å². The summed E-state index contributed by atoms with van der Waals surface area (Å²) in [5.41, 5.74) is 10.00. The number of hydrogen-bond acceptors (Lipinski definition) is 0. The first-order valence-corrected chi connectivity index (χ1v) is 8.44. The van der Waals surface area contributed by atoms with E-state index in [0.29, 0.717) is 0 Å².